The number of ketones is 1. The number of amides is 1. The Bertz CT molecular complexity index is 1380. The van der Waals surface area contributed by atoms with Gasteiger partial charge in [0.05, 0.1) is 49.7 Å². The Balaban J connectivity index is 1.99. The zero-order valence-electron chi connectivity index (χ0n) is 20.8. The number of hydrogen-bond acceptors (Lipinski definition) is 7. The van der Waals surface area contributed by atoms with Crippen LogP contribution >= 0.6 is 15.9 Å². The number of ether oxygens (including phenoxy) is 4. The van der Waals surface area contributed by atoms with Crippen molar-refractivity contribution < 1.29 is 33.6 Å². The molecule has 4 rings (SSSR count). The molecule has 3 aromatic carbocycles. The summed E-state index contributed by atoms with van der Waals surface area (Å²) in [4.78, 5) is 28.3. The summed E-state index contributed by atoms with van der Waals surface area (Å²) >= 11 is 3.41. The van der Waals surface area contributed by atoms with Gasteiger partial charge in [0.25, 0.3) is 11.7 Å². The molecule has 1 aliphatic rings. The molecule has 1 N–H and O–H groups in total. The summed E-state index contributed by atoms with van der Waals surface area (Å²) in [5.41, 5.74) is 1.21. The standard InChI is InChI=1S/C28H26BrNO7/c1-5-37-23-15-16(10-13-22(23)36-4)25-24(26(31)17-11-12-20(34-2)18(29)14-17)27(32)28(33)30(25)19-8-6-7-9-21(19)35-3/h6-15,25,31H,5H2,1-4H3/b26-24-. The van der Waals surface area contributed by atoms with Crippen molar-refractivity contribution in [3.05, 3.63) is 81.8 Å². The van der Waals surface area contributed by atoms with Crippen LogP contribution in [0.2, 0.25) is 0 Å². The molecule has 0 bridgehead atoms. The normalized spacial score (nSPS) is 16.6. The number of aliphatic hydroxyl groups excluding tert-OH is 1. The number of benzene rings is 3. The van der Waals surface area contributed by atoms with Crippen molar-refractivity contribution in [3.63, 3.8) is 0 Å². The first-order chi connectivity index (χ1) is 17.9. The van der Waals surface area contributed by atoms with Gasteiger partial charge in [0.2, 0.25) is 0 Å². The number of methoxy groups -OCH3 is 3. The largest absolute Gasteiger partial charge is 0.507 e. The Labute approximate surface area is 223 Å². The Morgan fingerprint density at radius 1 is 0.892 bits per heavy atom. The molecule has 0 radical (unpaired) electrons. The van der Waals surface area contributed by atoms with Gasteiger partial charge in [0.1, 0.15) is 17.3 Å². The van der Waals surface area contributed by atoms with E-state index in [0.717, 1.165) is 0 Å². The highest BCUT2D eigenvalue weighted by Crippen LogP contribution is 2.46. The number of anilines is 1. The lowest BCUT2D eigenvalue weighted by atomic mass is 9.94. The van der Waals surface area contributed by atoms with Crippen molar-refractivity contribution in [1.29, 1.82) is 0 Å². The molecule has 1 amide bonds. The summed E-state index contributed by atoms with van der Waals surface area (Å²) < 4.78 is 22.5. The summed E-state index contributed by atoms with van der Waals surface area (Å²) in [6, 6.07) is 16.0. The third-order valence-electron chi connectivity index (χ3n) is 6.02. The lowest BCUT2D eigenvalue weighted by Crippen LogP contribution is -2.29. The van der Waals surface area contributed by atoms with Gasteiger partial charge in [-0.1, -0.05) is 18.2 Å². The maximum atomic E-state index is 13.5. The molecule has 192 valence electrons. The van der Waals surface area contributed by atoms with E-state index >= 15 is 0 Å². The highest BCUT2D eigenvalue weighted by atomic mass is 79.9. The summed E-state index contributed by atoms with van der Waals surface area (Å²) in [6.45, 7) is 2.22. The van der Waals surface area contributed by atoms with Crippen molar-refractivity contribution in [3.8, 4) is 23.0 Å². The minimum atomic E-state index is -0.970. The molecule has 1 aliphatic heterocycles. The van der Waals surface area contributed by atoms with Crippen molar-refractivity contribution in [2.45, 2.75) is 13.0 Å². The van der Waals surface area contributed by atoms with Gasteiger partial charge in [-0.2, -0.15) is 0 Å². The molecule has 9 heteroatoms. The molecule has 0 aromatic heterocycles. The number of hydrogen-bond donors (Lipinski definition) is 1. The molecular weight excluding hydrogens is 542 g/mol. The van der Waals surface area contributed by atoms with Gasteiger partial charge in [-0.25, -0.2) is 0 Å². The predicted octanol–water partition coefficient (Wildman–Crippen LogP) is 5.50. The third-order valence-corrected chi connectivity index (χ3v) is 6.64. The molecule has 0 aliphatic carbocycles. The quantitative estimate of drug-likeness (QED) is 0.218. The van der Waals surface area contributed by atoms with E-state index < -0.39 is 17.7 Å². The van der Waals surface area contributed by atoms with E-state index in [-0.39, 0.29) is 11.3 Å². The van der Waals surface area contributed by atoms with Crippen molar-refractivity contribution >= 4 is 39.1 Å². The second-order valence-electron chi connectivity index (χ2n) is 8.03. The van der Waals surface area contributed by atoms with E-state index in [2.05, 4.69) is 15.9 Å². The van der Waals surface area contributed by atoms with E-state index in [1.54, 1.807) is 60.7 Å². The van der Waals surface area contributed by atoms with Crippen LogP contribution in [0.3, 0.4) is 0 Å². The highest BCUT2D eigenvalue weighted by Gasteiger charge is 2.48. The lowest BCUT2D eigenvalue weighted by Gasteiger charge is -2.27. The smallest absolute Gasteiger partial charge is 0.300 e. The second kappa shape index (κ2) is 11.0. The maximum absolute atomic E-state index is 13.5. The van der Waals surface area contributed by atoms with E-state index in [1.165, 1.54) is 26.2 Å². The molecule has 1 fully saturated rings. The number of carbonyl (C=O) groups excluding carboxylic acids is 2. The maximum Gasteiger partial charge on any atom is 0.300 e. The Kier molecular flexibility index (Phi) is 7.73. The molecule has 0 saturated carbocycles. The van der Waals surface area contributed by atoms with Crippen LogP contribution in [0.4, 0.5) is 5.69 Å². The van der Waals surface area contributed by atoms with E-state index in [1.807, 2.05) is 6.92 Å². The zero-order chi connectivity index (χ0) is 26.7. The first kappa shape index (κ1) is 26.1. The molecule has 1 atom stereocenters. The lowest BCUT2D eigenvalue weighted by molar-refractivity contribution is -0.132. The van der Waals surface area contributed by atoms with Gasteiger partial charge in [0.15, 0.2) is 11.5 Å². The van der Waals surface area contributed by atoms with E-state index in [0.29, 0.717) is 50.9 Å². The highest BCUT2D eigenvalue weighted by molar-refractivity contribution is 9.10. The van der Waals surface area contributed by atoms with Crippen molar-refractivity contribution in [2.75, 3.05) is 32.8 Å². The summed E-state index contributed by atoms with van der Waals surface area (Å²) in [6.07, 6.45) is 0. The Morgan fingerprint density at radius 3 is 2.22 bits per heavy atom. The molecular formula is C28H26BrNO7. The van der Waals surface area contributed by atoms with Crippen LogP contribution in [0, 0.1) is 0 Å². The van der Waals surface area contributed by atoms with Crippen LogP contribution in [0.25, 0.3) is 5.76 Å². The fraction of sp³-hybridized carbons (Fsp3) is 0.214. The third kappa shape index (κ3) is 4.74. The number of halogens is 1. The Hall–Kier alpha value is -3.98. The molecule has 0 spiro atoms. The number of Topliss-reactive ketones (excluding diaryl/α,β-unsaturated/α-hetero) is 1. The fourth-order valence-electron chi connectivity index (χ4n) is 4.33. The van der Waals surface area contributed by atoms with Gasteiger partial charge < -0.3 is 24.1 Å². The zero-order valence-corrected chi connectivity index (χ0v) is 22.4. The van der Waals surface area contributed by atoms with Crippen LogP contribution in [-0.4, -0.2) is 44.7 Å². The number of nitrogens with zero attached hydrogens (tertiary/aromatic N) is 1. The van der Waals surface area contributed by atoms with Crippen LogP contribution in [0.5, 0.6) is 23.0 Å². The van der Waals surface area contributed by atoms with Crippen molar-refractivity contribution in [2.24, 2.45) is 0 Å². The Morgan fingerprint density at radius 2 is 1.57 bits per heavy atom. The topological polar surface area (TPSA) is 94.5 Å². The van der Waals surface area contributed by atoms with Crippen LogP contribution in [-0.2, 0) is 9.59 Å². The van der Waals surface area contributed by atoms with Crippen LogP contribution < -0.4 is 23.8 Å². The van der Waals surface area contributed by atoms with Gasteiger partial charge >= 0.3 is 0 Å². The minimum Gasteiger partial charge on any atom is -0.507 e. The average Bonchev–Trinajstić information content (AvgIpc) is 3.18. The van der Waals surface area contributed by atoms with Gasteiger partial charge in [-0.15, -0.1) is 0 Å². The molecule has 1 heterocycles. The number of rotatable bonds is 8. The van der Waals surface area contributed by atoms with E-state index in [9.17, 15) is 14.7 Å². The van der Waals surface area contributed by atoms with Crippen LogP contribution in [0.15, 0.2) is 70.7 Å². The van der Waals surface area contributed by atoms with Crippen molar-refractivity contribution in [1.82, 2.24) is 0 Å². The van der Waals surface area contributed by atoms with Gasteiger partial charge in [0, 0.05) is 5.56 Å². The number of aliphatic hydroxyl groups is 1. The first-order valence-electron chi connectivity index (χ1n) is 11.4. The summed E-state index contributed by atoms with van der Waals surface area (Å²) in [7, 11) is 4.54. The molecule has 3 aromatic rings. The van der Waals surface area contributed by atoms with Gasteiger partial charge in [-0.3, -0.25) is 14.5 Å². The van der Waals surface area contributed by atoms with Gasteiger partial charge in [-0.05, 0) is 70.9 Å². The molecule has 37 heavy (non-hydrogen) atoms. The van der Waals surface area contributed by atoms with E-state index in [4.69, 9.17) is 18.9 Å². The SMILES string of the molecule is CCOc1cc(C2/C(=C(/O)c3ccc(OC)c(Br)c3)C(=O)C(=O)N2c2ccccc2OC)ccc1OC. The first-order valence-corrected chi connectivity index (χ1v) is 12.2. The molecule has 1 saturated heterocycles. The monoisotopic (exact) mass is 567 g/mol. The molecule has 8 nitrogen and oxygen atoms in total. The number of carbonyl (C=O) groups is 2. The fourth-order valence-corrected chi connectivity index (χ4v) is 4.87. The number of para-hydroxylation sites is 2. The average molecular weight is 568 g/mol. The van der Waals surface area contributed by atoms with Crippen LogP contribution in [0.1, 0.15) is 24.1 Å². The minimum absolute atomic E-state index is 0.0689. The predicted molar refractivity (Wildman–Crippen MR) is 143 cm³/mol. The second-order valence-corrected chi connectivity index (χ2v) is 8.89. The summed E-state index contributed by atoms with van der Waals surface area (Å²) in [5, 5.41) is 11.4. The molecule has 1 unspecified atom stereocenters. The summed E-state index contributed by atoms with van der Waals surface area (Å²) in [5.74, 6) is -0.0390.